The first-order chi connectivity index (χ1) is 7.49. The lowest BCUT2D eigenvalue weighted by Crippen LogP contribution is -2.30. The molecule has 0 fully saturated rings. The number of hydrogen-bond donors (Lipinski definition) is 4. The molecule has 0 heterocycles. The summed E-state index contributed by atoms with van der Waals surface area (Å²) in [6, 6.07) is 2.91. The number of nitrogens with one attached hydrogen (secondary N) is 1. The van der Waals surface area contributed by atoms with Crippen molar-refractivity contribution in [1.29, 1.82) is 0 Å². The van der Waals surface area contributed by atoms with Crippen LogP contribution in [0.2, 0.25) is 0 Å². The molecule has 0 spiro atoms. The molecular weight excluding hydrogens is 211 g/mol. The molecule has 0 saturated heterocycles. The first-order valence-corrected chi connectivity index (χ1v) is 5.04. The zero-order valence-corrected chi connectivity index (χ0v) is 9.37. The summed E-state index contributed by atoms with van der Waals surface area (Å²) in [6.07, 6.45) is -2.31. The van der Waals surface area contributed by atoms with Crippen LogP contribution in [0.4, 0.5) is 10.1 Å². The van der Waals surface area contributed by atoms with Crippen molar-refractivity contribution in [3.05, 3.63) is 29.1 Å². The number of rotatable bonds is 4. The van der Waals surface area contributed by atoms with Gasteiger partial charge in [-0.15, -0.1) is 0 Å². The van der Waals surface area contributed by atoms with Crippen LogP contribution in [0.3, 0.4) is 0 Å². The smallest absolute Gasteiger partial charge is 0.134 e. The maximum atomic E-state index is 13.7. The van der Waals surface area contributed by atoms with Gasteiger partial charge in [-0.1, -0.05) is 6.07 Å². The largest absolute Gasteiger partial charge is 0.398 e. The van der Waals surface area contributed by atoms with Crippen LogP contribution in [0.5, 0.6) is 0 Å². The second kappa shape index (κ2) is 5.25. The fraction of sp³-hybridized carbons (Fsp3) is 0.455. The predicted molar refractivity (Wildman–Crippen MR) is 60.4 cm³/mol. The second-order valence-electron chi connectivity index (χ2n) is 3.75. The van der Waals surface area contributed by atoms with Crippen LogP contribution in [-0.4, -0.2) is 29.9 Å². The van der Waals surface area contributed by atoms with Crippen LogP contribution < -0.4 is 11.1 Å². The average molecular weight is 228 g/mol. The summed E-state index contributed by atoms with van der Waals surface area (Å²) in [4.78, 5) is 0. The average Bonchev–Trinajstić information content (AvgIpc) is 2.26. The van der Waals surface area contributed by atoms with E-state index in [4.69, 9.17) is 5.73 Å². The van der Waals surface area contributed by atoms with Crippen LogP contribution in [-0.2, 0) is 0 Å². The van der Waals surface area contributed by atoms with Crippen LogP contribution in [0.25, 0.3) is 0 Å². The van der Waals surface area contributed by atoms with Gasteiger partial charge in [-0.2, -0.15) is 0 Å². The lowest BCUT2D eigenvalue weighted by Gasteiger charge is -2.19. The Morgan fingerprint density at radius 1 is 1.44 bits per heavy atom. The van der Waals surface area contributed by atoms with Gasteiger partial charge >= 0.3 is 0 Å². The Balaban J connectivity index is 3.00. The van der Waals surface area contributed by atoms with E-state index in [-0.39, 0.29) is 17.7 Å². The fourth-order valence-corrected chi connectivity index (χ4v) is 1.48. The van der Waals surface area contributed by atoms with Crippen LogP contribution in [0.15, 0.2) is 12.1 Å². The molecule has 0 aliphatic heterocycles. The summed E-state index contributed by atoms with van der Waals surface area (Å²) in [7, 11) is 1.64. The van der Waals surface area contributed by atoms with Gasteiger partial charge in [0.25, 0.3) is 0 Å². The summed E-state index contributed by atoms with van der Waals surface area (Å²) in [6.45, 7) is 1.72. The zero-order chi connectivity index (χ0) is 12.3. The first kappa shape index (κ1) is 12.9. The van der Waals surface area contributed by atoms with Crippen molar-refractivity contribution >= 4 is 5.69 Å². The van der Waals surface area contributed by atoms with Gasteiger partial charge in [-0.05, 0) is 20.0 Å². The van der Waals surface area contributed by atoms with E-state index in [1.165, 1.54) is 19.1 Å². The Hall–Kier alpha value is -1.17. The SMILES string of the molecule is CNCC(O)C(O)c1ccc(N)c(C)c1F. The number of benzene rings is 1. The normalized spacial score (nSPS) is 14.8. The van der Waals surface area contributed by atoms with E-state index >= 15 is 0 Å². The maximum Gasteiger partial charge on any atom is 0.134 e. The molecular formula is C11H17FN2O2. The molecule has 2 atom stereocenters. The highest BCUT2D eigenvalue weighted by Crippen LogP contribution is 2.25. The number of hydrogen-bond acceptors (Lipinski definition) is 4. The lowest BCUT2D eigenvalue weighted by atomic mass is 10.0. The molecule has 0 aliphatic carbocycles. The summed E-state index contributed by atoms with van der Waals surface area (Å²) < 4.78 is 13.7. The van der Waals surface area contributed by atoms with Gasteiger partial charge in [-0.3, -0.25) is 0 Å². The highest BCUT2D eigenvalue weighted by atomic mass is 19.1. The highest BCUT2D eigenvalue weighted by molar-refractivity contribution is 5.49. The molecule has 1 aromatic rings. The van der Waals surface area contributed by atoms with Crippen molar-refractivity contribution in [2.45, 2.75) is 19.1 Å². The third kappa shape index (κ3) is 2.49. The van der Waals surface area contributed by atoms with E-state index < -0.39 is 18.0 Å². The van der Waals surface area contributed by atoms with Gasteiger partial charge in [0.2, 0.25) is 0 Å². The molecule has 5 heteroatoms. The van der Waals surface area contributed by atoms with Crippen molar-refractivity contribution in [1.82, 2.24) is 5.32 Å². The third-order valence-electron chi connectivity index (χ3n) is 2.55. The topological polar surface area (TPSA) is 78.5 Å². The third-order valence-corrected chi connectivity index (χ3v) is 2.55. The number of likely N-dealkylation sites (N-methyl/N-ethyl adjacent to an activating group) is 1. The van der Waals surface area contributed by atoms with Gasteiger partial charge < -0.3 is 21.3 Å². The number of nitrogens with two attached hydrogens (primary N) is 1. The predicted octanol–water partition coefficient (Wildman–Crippen LogP) is 0.330. The van der Waals surface area contributed by atoms with Crippen molar-refractivity contribution in [2.75, 3.05) is 19.3 Å². The minimum absolute atomic E-state index is 0.0643. The Bertz CT molecular complexity index is 371. The summed E-state index contributed by atoms with van der Waals surface area (Å²) in [5.74, 6) is -0.567. The molecule has 0 aliphatic rings. The molecule has 1 rings (SSSR count). The van der Waals surface area contributed by atoms with Crippen LogP contribution in [0.1, 0.15) is 17.2 Å². The van der Waals surface area contributed by atoms with Gasteiger partial charge in [0, 0.05) is 23.4 Å². The summed E-state index contributed by atoms with van der Waals surface area (Å²) in [5, 5.41) is 22.0. The first-order valence-electron chi connectivity index (χ1n) is 5.04. The highest BCUT2D eigenvalue weighted by Gasteiger charge is 2.22. The molecule has 5 N–H and O–H groups in total. The van der Waals surface area contributed by atoms with Crippen molar-refractivity contribution in [2.24, 2.45) is 0 Å². The Kier molecular flexibility index (Phi) is 4.23. The van der Waals surface area contributed by atoms with E-state index in [9.17, 15) is 14.6 Å². The Labute approximate surface area is 93.9 Å². The molecule has 1 aromatic carbocycles. The van der Waals surface area contributed by atoms with Crippen molar-refractivity contribution < 1.29 is 14.6 Å². The van der Waals surface area contributed by atoms with Gasteiger partial charge in [-0.25, -0.2) is 4.39 Å². The van der Waals surface area contributed by atoms with Gasteiger partial charge in [0.15, 0.2) is 0 Å². The quantitative estimate of drug-likeness (QED) is 0.560. The minimum atomic E-state index is -1.26. The number of aliphatic hydroxyl groups excluding tert-OH is 2. The van der Waals surface area contributed by atoms with E-state index in [0.29, 0.717) is 5.69 Å². The molecule has 0 amide bonds. The Morgan fingerprint density at radius 3 is 2.62 bits per heavy atom. The van der Waals surface area contributed by atoms with E-state index in [0.717, 1.165) is 0 Å². The monoisotopic (exact) mass is 228 g/mol. The molecule has 90 valence electrons. The van der Waals surface area contributed by atoms with E-state index in [1.807, 2.05) is 0 Å². The second-order valence-corrected chi connectivity index (χ2v) is 3.75. The number of anilines is 1. The molecule has 0 aromatic heterocycles. The van der Waals surface area contributed by atoms with Gasteiger partial charge in [0.1, 0.15) is 11.9 Å². The molecule has 0 radical (unpaired) electrons. The standard InChI is InChI=1S/C11H17FN2O2/c1-6-8(13)4-3-7(10(6)12)11(16)9(15)5-14-2/h3-4,9,11,14-16H,5,13H2,1-2H3. The molecule has 0 saturated carbocycles. The summed E-state index contributed by atoms with van der Waals surface area (Å²) in [5.41, 5.74) is 6.21. The Morgan fingerprint density at radius 2 is 2.06 bits per heavy atom. The van der Waals surface area contributed by atoms with E-state index in [1.54, 1.807) is 7.05 Å². The molecule has 16 heavy (non-hydrogen) atoms. The molecule has 2 unspecified atom stereocenters. The van der Waals surface area contributed by atoms with E-state index in [2.05, 4.69) is 5.32 Å². The summed E-state index contributed by atoms with van der Waals surface area (Å²) >= 11 is 0. The number of nitrogen functional groups attached to an aromatic ring is 1. The van der Waals surface area contributed by atoms with Crippen LogP contribution >= 0.6 is 0 Å². The number of aliphatic hydroxyl groups is 2. The maximum absolute atomic E-state index is 13.7. The zero-order valence-electron chi connectivity index (χ0n) is 9.37. The molecule has 0 bridgehead atoms. The lowest BCUT2D eigenvalue weighted by molar-refractivity contribution is 0.0181. The molecule has 4 nitrogen and oxygen atoms in total. The van der Waals surface area contributed by atoms with Crippen molar-refractivity contribution in [3.63, 3.8) is 0 Å². The fourth-order valence-electron chi connectivity index (χ4n) is 1.48. The number of halogens is 1. The minimum Gasteiger partial charge on any atom is -0.398 e. The van der Waals surface area contributed by atoms with Crippen LogP contribution in [0, 0.1) is 12.7 Å². The van der Waals surface area contributed by atoms with Gasteiger partial charge in [0.05, 0.1) is 6.10 Å². The van der Waals surface area contributed by atoms with Crippen molar-refractivity contribution in [3.8, 4) is 0 Å².